The predicted molar refractivity (Wildman–Crippen MR) is 83.3 cm³/mol. The smallest absolute Gasteiger partial charge is 0.0704 e. The Bertz CT molecular complexity index is 621. The molecule has 0 fully saturated rings. The Hall–Kier alpha value is -1.89. The van der Waals surface area contributed by atoms with E-state index in [0.717, 1.165) is 11.9 Å². The van der Waals surface area contributed by atoms with Crippen LogP contribution in [0.1, 0.15) is 25.0 Å². The summed E-state index contributed by atoms with van der Waals surface area (Å²) >= 11 is 0. The second-order valence-electron chi connectivity index (χ2n) is 5.69. The number of hydrogen-bond acceptors (Lipinski definition) is 1. The molecule has 0 aliphatic heterocycles. The number of aromatic nitrogens is 1. The van der Waals surface area contributed by atoms with Crippen molar-refractivity contribution >= 4 is 10.9 Å². The summed E-state index contributed by atoms with van der Waals surface area (Å²) in [4.78, 5) is 4.44. The van der Waals surface area contributed by atoms with Gasteiger partial charge in [-0.2, -0.15) is 0 Å². The molecule has 0 saturated heterocycles. The van der Waals surface area contributed by atoms with Crippen LogP contribution in [0.5, 0.6) is 0 Å². The zero-order valence-corrected chi connectivity index (χ0v) is 12.0. The first-order valence-electron chi connectivity index (χ1n) is 6.67. The third kappa shape index (κ3) is 3.11. The van der Waals surface area contributed by atoms with E-state index >= 15 is 0 Å². The van der Waals surface area contributed by atoms with Gasteiger partial charge in [0.1, 0.15) is 0 Å². The van der Waals surface area contributed by atoms with E-state index in [9.17, 15) is 0 Å². The van der Waals surface area contributed by atoms with Gasteiger partial charge in [0.25, 0.3) is 0 Å². The Labute approximate surface area is 115 Å². The molecule has 1 nitrogen and oxygen atoms in total. The number of allylic oxidation sites excluding steroid dienone is 3. The first-order valence-corrected chi connectivity index (χ1v) is 6.67. The molecule has 1 aromatic heterocycles. The summed E-state index contributed by atoms with van der Waals surface area (Å²) in [6.45, 7) is 10.4. The molecule has 0 unspecified atom stereocenters. The molecule has 2 aromatic rings. The fraction of sp³-hybridized carbons (Fsp3) is 0.278. The molecule has 0 aliphatic rings. The van der Waals surface area contributed by atoms with Crippen LogP contribution in [0.3, 0.4) is 0 Å². The topological polar surface area (TPSA) is 12.9 Å². The first kappa shape index (κ1) is 13.5. The average molecular weight is 251 g/mol. The molecule has 0 bridgehead atoms. The molecular weight excluding hydrogens is 230 g/mol. The van der Waals surface area contributed by atoms with Crippen molar-refractivity contribution in [2.75, 3.05) is 0 Å². The number of pyridine rings is 1. The maximum absolute atomic E-state index is 4.44. The summed E-state index contributed by atoms with van der Waals surface area (Å²) in [7, 11) is 0. The van der Waals surface area contributed by atoms with Gasteiger partial charge in [0.05, 0.1) is 5.52 Å². The summed E-state index contributed by atoms with van der Waals surface area (Å²) in [5.41, 5.74) is 3.92. The molecule has 2 rings (SSSR count). The minimum absolute atomic E-state index is 0.114. The molecule has 0 radical (unpaired) electrons. The Balaban J connectivity index is 2.47. The number of fused-ring (bicyclic) bond motifs is 1. The van der Waals surface area contributed by atoms with Crippen molar-refractivity contribution in [3.63, 3.8) is 0 Å². The third-order valence-electron chi connectivity index (χ3n) is 3.45. The molecule has 0 spiro atoms. The molecule has 1 heterocycles. The fourth-order valence-electron chi connectivity index (χ4n) is 2.40. The number of rotatable bonds is 4. The van der Waals surface area contributed by atoms with Gasteiger partial charge in [-0.25, -0.2) is 0 Å². The SMILES string of the molecule is C=C/C=C\C(C)(C)Cc1c(C)ccc2ncccc12. The third-order valence-corrected chi connectivity index (χ3v) is 3.45. The van der Waals surface area contributed by atoms with Gasteiger partial charge >= 0.3 is 0 Å². The molecule has 1 aromatic carbocycles. The fourth-order valence-corrected chi connectivity index (χ4v) is 2.40. The lowest BCUT2D eigenvalue weighted by atomic mass is 9.82. The molecule has 98 valence electrons. The van der Waals surface area contributed by atoms with Crippen LogP contribution in [0.15, 0.2) is 55.3 Å². The van der Waals surface area contributed by atoms with E-state index in [4.69, 9.17) is 0 Å². The molecule has 0 N–H and O–H groups in total. The van der Waals surface area contributed by atoms with Gasteiger partial charge in [-0.15, -0.1) is 0 Å². The maximum atomic E-state index is 4.44. The summed E-state index contributed by atoms with van der Waals surface area (Å²) in [5.74, 6) is 0. The monoisotopic (exact) mass is 251 g/mol. The highest BCUT2D eigenvalue weighted by atomic mass is 14.6. The number of benzene rings is 1. The van der Waals surface area contributed by atoms with Gasteiger partial charge in [-0.1, -0.05) is 50.8 Å². The first-order chi connectivity index (χ1) is 9.03. The van der Waals surface area contributed by atoms with Crippen molar-refractivity contribution in [3.05, 3.63) is 66.4 Å². The van der Waals surface area contributed by atoms with Crippen molar-refractivity contribution in [3.8, 4) is 0 Å². The van der Waals surface area contributed by atoms with Gasteiger partial charge in [0, 0.05) is 11.6 Å². The minimum Gasteiger partial charge on any atom is -0.256 e. The van der Waals surface area contributed by atoms with Gasteiger partial charge in [-0.05, 0) is 42.0 Å². The summed E-state index contributed by atoms with van der Waals surface area (Å²) in [5, 5.41) is 1.27. The maximum Gasteiger partial charge on any atom is 0.0704 e. The number of aryl methyl sites for hydroxylation is 1. The summed E-state index contributed by atoms with van der Waals surface area (Å²) in [6.07, 6.45) is 8.93. The molecule has 0 aliphatic carbocycles. The van der Waals surface area contributed by atoms with Crippen LogP contribution in [0, 0.1) is 12.3 Å². The average Bonchev–Trinajstić information content (AvgIpc) is 2.40. The lowest BCUT2D eigenvalue weighted by molar-refractivity contribution is 0.478. The van der Waals surface area contributed by atoms with Crippen molar-refractivity contribution in [2.45, 2.75) is 27.2 Å². The Morgan fingerprint density at radius 2 is 2.05 bits per heavy atom. The van der Waals surface area contributed by atoms with E-state index < -0.39 is 0 Å². The van der Waals surface area contributed by atoms with E-state index in [1.807, 2.05) is 24.4 Å². The number of hydrogen-bond donors (Lipinski definition) is 0. The zero-order chi connectivity index (χ0) is 13.9. The predicted octanol–water partition coefficient (Wildman–Crippen LogP) is 4.85. The quantitative estimate of drug-likeness (QED) is 0.707. The second-order valence-corrected chi connectivity index (χ2v) is 5.69. The van der Waals surface area contributed by atoms with Crippen molar-refractivity contribution in [1.82, 2.24) is 4.98 Å². The molecular formula is C18H21N. The van der Waals surface area contributed by atoms with Gasteiger partial charge in [0.15, 0.2) is 0 Å². The molecule has 0 atom stereocenters. The van der Waals surface area contributed by atoms with Crippen molar-refractivity contribution < 1.29 is 0 Å². The van der Waals surface area contributed by atoms with Crippen LogP contribution in [-0.2, 0) is 6.42 Å². The standard InChI is InChI=1S/C18H21N/c1-5-6-11-18(3,4)13-16-14(2)9-10-17-15(16)8-7-12-19-17/h5-12H,1,13H2,2-4H3/b11-6-. The molecule has 0 saturated carbocycles. The minimum atomic E-state index is 0.114. The van der Waals surface area contributed by atoms with E-state index in [1.165, 1.54) is 16.5 Å². The Kier molecular flexibility index (Phi) is 3.84. The second kappa shape index (κ2) is 5.40. The Morgan fingerprint density at radius 3 is 2.79 bits per heavy atom. The van der Waals surface area contributed by atoms with Gasteiger partial charge in [0.2, 0.25) is 0 Å². The van der Waals surface area contributed by atoms with Crippen LogP contribution in [0.2, 0.25) is 0 Å². The van der Waals surface area contributed by atoms with Crippen molar-refractivity contribution in [2.24, 2.45) is 5.41 Å². The van der Waals surface area contributed by atoms with Crippen LogP contribution < -0.4 is 0 Å². The highest BCUT2D eigenvalue weighted by Crippen LogP contribution is 2.29. The van der Waals surface area contributed by atoms with Crippen molar-refractivity contribution in [1.29, 1.82) is 0 Å². The van der Waals surface area contributed by atoms with E-state index in [2.05, 4.69) is 56.6 Å². The van der Waals surface area contributed by atoms with Crippen LogP contribution in [0.4, 0.5) is 0 Å². The highest BCUT2D eigenvalue weighted by Gasteiger charge is 2.17. The molecule has 0 amide bonds. The lowest BCUT2D eigenvalue weighted by Gasteiger charge is -2.22. The molecule has 19 heavy (non-hydrogen) atoms. The number of nitrogens with zero attached hydrogens (tertiary/aromatic N) is 1. The lowest BCUT2D eigenvalue weighted by Crippen LogP contribution is -2.12. The Morgan fingerprint density at radius 1 is 1.26 bits per heavy atom. The van der Waals surface area contributed by atoms with E-state index in [1.54, 1.807) is 0 Å². The highest BCUT2D eigenvalue weighted by molar-refractivity contribution is 5.83. The van der Waals surface area contributed by atoms with Crippen LogP contribution in [0.25, 0.3) is 10.9 Å². The largest absolute Gasteiger partial charge is 0.256 e. The molecule has 1 heteroatoms. The normalized spacial score (nSPS) is 12.2. The van der Waals surface area contributed by atoms with Gasteiger partial charge in [-0.3, -0.25) is 4.98 Å². The van der Waals surface area contributed by atoms with E-state index in [-0.39, 0.29) is 5.41 Å². The summed E-state index contributed by atoms with van der Waals surface area (Å²) in [6, 6.07) is 8.44. The van der Waals surface area contributed by atoms with Gasteiger partial charge < -0.3 is 0 Å². The zero-order valence-electron chi connectivity index (χ0n) is 12.0. The summed E-state index contributed by atoms with van der Waals surface area (Å²) < 4.78 is 0. The van der Waals surface area contributed by atoms with Crippen LogP contribution >= 0.6 is 0 Å². The van der Waals surface area contributed by atoms with Crippen LogP contribution in [-0.4, -0.2) is 4.98 Å². The van der Waals surface area contributed by atoms with E-state index in [0.29, 0.717) is 0 Å².